The van der Waals surface area contributed by atoms with Crippen LogP contribution in [-0.4, -0.2) is 41.1 Å². The summed E-state index contributed by atoms with van der Waals surface area (Å²) in [4.78, 5) is 24.4. The molecule has 0 spiro atoms. The Morgan fingerprint density at radius 2 is 2.10 bits per heavy atom. The Labute approximate surface area is 129 Å². The van der Waals surface area contributed by atoms with Crippen molar-refractivity contribution in [2.24, 2.45) is 5.73 Å². The average molecular weight is 315 g/mol. The Morgan fingerprint density at radius 3 is 2.81 bits per heavy atom. The maximum atomic E-state index is 12.1. The van der Waals surface area contributed by atoms with Crippen LogP contribution in [-0.2, 0) is 16.1 Å². The summed E-state index contributed by atoms with van der Waals surface area (Å²) in [5.74, 6) is -0.380. The van der Waals surface area contributed by atoms with Gasteiger partial charge in [0.1, 0.15) is 18.4 Å². The van der Waals surface area contributed by atoms with Crippen molar-refractivity contribution in [3.05, 3.63) is 29.8 Å². The molecule has 3 N–H and O–H groups in total. The van der Waals surface area contributed by atoms with Gasteiger partial charge in [-0.1, -0.05) is 18.2 Å². The van der Waals surface area contributed by atoms with Gasteiger partial charge in [-0.15, -0.1) is 12.4 Å². The van der Waals surface area contributed by atoms with E-state index in [1.54, 1.807) is 4.90 Å². The molecule has 0 bridgehead atoms. The number of carbonyl (C=O) groups excluding carboxylic acids is 1. The molecule has 2 rings (SSSR count). The lowest BCUT2D eigenvalue weighted by Crippen LogP contribution is -2.35. The third-order valence-corrected chi connectivity index (χ3v) is 3.29. The minimum absolute atomic E-state index is 0. The first-order valence-electron chi connectivity index (χ1n) is 6.55. The Balaban J connectivity index is 0.00000220. The summed E-state index contributed by atoms with van der Waals surface area (Å²) in [6, 6.07) is 6.60. The summed E-state index contributed by atoms with van der Waals surface area (Å²) < 4.78 is 5.58. The van der Waals surface area contributed by atoms with Crippen molar-refractivity contribution in [3.8, 4) is 5.75 Å². The Morgan fingerprint density at radius 1 is 1.38 bits per heavy atom. The van der Waals surface area contributed by atoms with Gasteiger partial charge in [-0.3, -0.25) is 9.59 Å². The van der Waals surface area contributed by atoms with E-state index in [0.29, 0.717) is 19.7 Å². The number of nitrogens with two attached hydrogens (primary N) is 1. The van der Waals surface area contributed by atoms with Crippen LogP contribution in [0.5, 0.6) is 5.75 Å². The SMILES string of the molecule is Cl.NC(CCC(=O)N1CCOc2ccccc2C1)C(=O)O. The summed E-state index contributed by atoms with van der Waals surface area (Å²) in [5, 5.41) is 8.71. The number of benzene rings is 1. The summed E-state index contributed by atoms with van der Waals surface area (Å²) in [6.07, 6.45) is 0.281. The molecule has 1 unspecified atom stereocenters. The highest BCUT2D eigenvalue weighted by atomic mass is 35.5. The smallest absolute Gasteiger partial charge is 0.320 e. The minimum Gasteiger partial charge on any atom is -0.491 e. The zero-order valence-corrected chi connectivity index (χ0v) is 12.3. The number of carboxylic acid groups (broad SMARTS) is 1. The van der Waals surface area contributed by atoms with E-state index in [1.807, 2.05) is 24.3 Å². The molecule has 21 heavy (non-hydrogen) atoms. The fraction of sp³-hybridized carbons (Fsp3) is 0.429. The summed E-state index contributed by atoms with van der Waals surface area (Å²) >= 11 is 0. The van der Waals surface area contributed by atoms with E-state index in [1.165, 1.54) is 0 Å². The molecule has 1 heterocycles. The molecule has 6 nitrogen and oxygen atoms in total. The van der Waals surface area contributed by atoms with Crippen molar-refractivity contribution < 1.29 is 19.4 Å². The zero-order valence-electron chi connectivity index (χ0n) is 11.5. The number of amides is 1. The number of hydrogen-bond donors (Lipinski definition) is 2. The molecule has 116 valence electrons. The highest BCUT2D eigenvalue weighted by molar-refractivity contribution is 5.85. The van der Waals surface area contributed by atoms with Crippen molar-refractivity contribution in [3.63, 3.8) is 0 Å². The van der Waals surface area contributed by atoms with Crippen molar-refractivity contribution >= 4 is 24.3 Å². The molecule has 0 radical (unpaired) electrons. The van der Waals surface area contributed by atoms with Crippen LogP contribution in [0.15, 0.2) is 24.3 Å². The molecule has 1 aromatic rings. The quantitative estimate of drug-likeness (QED) is 0.865. The van der Waals surface area contributed by atoms with Gasteiger partial charge in [-0.2, -0.15) is 0 Å². The van der Waals surface area contributed by atoms with Gasteiger partial charge < -0.3 is 20.5 Å². The van der Waals surface area contributed by atoms with Crippen molar-refractivity contribution in [1.82, 2.24) is 4.90 Å². The van der Waals surface area contributed by atoms with Crippen LogP contribution in [0, 0.1) is 0 Å². The standard InChI is InChI=1S/C14H18N2O4.ClH/c15-11(14(18)19)5-6-13(17)16-7-8-20-12-4-2-1-3-10(12)9-16;/h1-4,11H,5-9,15H2,(H,18,19);1H. The molecule has 1 aromatic carbocycles. The molecule has 0 saturated carbocycles. The summed E-state index contributed by atoms with van der Waals surface area (Å²) in [7, 11) is 0. The van der Waals surface area contributed by atoms with Crippen LogP contribution < -0.4 is 10.5 Å². The number of halogens is 1. The largest absolute Gasteiger partial charge is 0.491 e. The second kappa shape index (κ2) is 7.85. The number of rotatable bonds is 4. The van der Waals surface area contributed by atoms with E-state index in [4.69, 9.17) is 15.6 Å². The highest BCUT2D eigenvalue weighted by Gasteiger charge is 2.21. The van der Waals surface area contributed by atoms with Gasteiger partial charge in [-0.25, -0.2) is 0 Å². The van der Waals surface area contributed by atoms with Crippen molar-refractivity contribution in [1.29, 1.82) is 0 Å². The maximum Gasteiger partial charge on any atom is 0.320 e. The third kappa shape index (κ3) is 4.61. The van der Waals surface area contributed by atoms with E-state index in [-0.39, 0.29) is 31.2 Å². The van der Waals surface area contributed by atoms with E-state index in [9.17, 15) is 9.59 Å². The van der Waals surface area contributed by atoms with Gasteiger partial charge in [-0.05, 0) is 12.5 Å². The molecule has 0 aliphatic carbocycles. The van der Waals surface area contributed by atoms with Crippen LogP contribution in [0.2, 0.25) is 0 Å². The first kappa shape index (κ1) is 17.3. The molecule has 0 fully saturated rings. The fourth-order valence-electron chi connectivity index (χ4n) is 2.10. The Hall–Kier alpha value is -1.79. The number of para-hydroxylation sites is 1. The minimum atomic E-state index is -1.08. The molecule has 1 amide bonds. The van der Waals surface area contributed by atoms with Gasteiger partial charge in [0.25, 0.3) is 0 Å². The number of aliphatic carboxylic acids is 1. The van der Waals surface area contributed by atoms with Gasteiger partial charge in [0.05, 0.1) is 6.54 Å². The molecule has 7 heteroatoms. The lowest BCUT2D eigenvalue weighted by Gasteiger charge is -2.20. The number of hydrogen-bond acceptors (Lipinski definition) is 4. The second-order valence-corrected chi connectivity index (χ2v) is 4.75. The third-order valence-electron chi connectivity index (χ3n) is 3.29. The molecule has 1 aliphatic rings. The van der Waals surface area contributed by atoms with Crippen molar-refractivity contribution in [2.75, 3.05) is 13.2 Å². The number of ether oxygens (including phenoxy) is 1. The van der Waals surface area contributed by atoms with Crippen molar-refractivity contribution in [2.45, 2.75) is 25.4 Å². The average Bonchev–Trinajstić information content (AvgIpc) is 2.66. The zero-order chi connectivity index (χ0) is 14.5. The molecular weight excluding hydrogens is 296 g/mol. The van der Waals surface area contributed by atoms with Crippen LogP contribution in [0.25, 0.3) is 0 Å². The van der Waals surface area contributed by atoms with Crippen LogP contribution in [0.1, 0.15) is 18.4 Å². The highest BCUT2D eigenvalue weighted by Crippen LogP contribution is 2.22. The lowest BCUT2D eigenvalue weighted by atomic mass is 10.1. The summed E-state index contributed by atoms with van der Waals surface area (Å²) in [6.45, 7) is 1.42. The first-order valence-corrected chi connectivity index (χ1v) is 6.55. The van der Waals surface area contributed by atoms with Gasteiger partial charge in [0.15, 0.2) is 0 Å². The maximum absolute atomic E-state index is 12.1. The van der Waals surface area contributed by atoms with Gasteiger partial charge >= 0.3 is 5.97 Å². The molecule has 1 aliphatic heterocycles. The number of carbonyl (C=O) groups is 2. The number of nitrogens with zero attached hydrogens (tertiary/aromatic N) is 1. The first-order chi connectivity index (χ1) is 9.58. The topological polar surface area (TPSA) is 92.9 Å². The van der Waals surface area contributed by atoms with Crippen LogP contribution in [0.4, 0.5) is 0 Å². The lowest BCUT2D eigenvalue weighted by molar-refractivity contribution is -0.139. The fourth-order valence-corrected chi connectivity index (χ4v) is 2.10. The second-order valence-electron chi connectivity index (χ2n) is 4.75. The van der Waals surface area contributed by atoms with E-state index < -0.39 is 12.0 Å². The predicted molar refractivity (Wildman–Crippen MR) is 79.4 cm³/mol. The van der Waals surface area contributed by atoms with Crippen LogP contribution in [0.3, 0.4) is 0 Å². The van der Waals surface area contributed by atoms with E-state index >= 15 is 0 Å². The number of carboxylic acids is 1. The number of fused-ring (bicyclic) bond motifs is 1. The Bertz CT molecular complexity index is 510. The molecule has 1 atom stereocenters. The van der Waals surface area contributed by atoms with E-state index in [2.05, 4.69) is 0 Å². The van der Waals surface area contributed by atoms with E-state index in [0.717, 1.165) is 11.3 Å². The van der Waals surface area contributed by atoms with Gasteiger partial charge in [0, 0.05) is 18.5 Å². The normalized spacial score (nSPS) is 15.0. The van der Waals surface area contributed by atoms with Gasteiger partial charge in [0.2, 0.25) is 5.91 Å². The Kier molecular flexibility index (Phi) is 6.45. The molecule has 0 aromatic heterocycles. The predicted octanol–water partition coefficient (Wildman–Crippen LogP) is 1.02. The summed E-state index contributed by atoms with van der Waals surface area (Å²) in [5.41, 5.74) is 6.37. The molecular formula is C14H19ClN2O4. The molecule has 0 saturated heterocycles. The van der Waals surface area contributed by atoms with Crippen LogP contribution >= 0.6 is 12.4 Å². The monoisotopic (exact) mass is 314 g/mol.